The molecule has 3 nitrogen and oxygen atoms in total. The second-order valence-electron chi connectivity index (χ2n) is 4.56. The third kappa shape index (κ3) is 2.45. The summed E-state index contributed by atoms with van der Waals surface area (Å²) in [7, 11) is 0. The molecular weight excluding hydrogens is 253 g/mol. The van der Waals surface area contributed by atoms with Crippen LogP contribution in [-0.4, -0.2) is 9.97 Å². The summed E-state index contributed by atoms with van der Waals surface area (Å²) < 4.78 is 12.9. The van der Waals surface area contributed by atoms with Gasteiger partial charge >= 0.3 is 0 Å². The van der Waals surface area contributed by atoms with Gasteiger partial charge in [0.15, 0.2) is 0 Å². The molecule has 3 rings (SSSR count). The van der Waals surface area contributed by atoms with E-state index in [1.54, 1.807) is 12.1 Å². The molecule has 0 saturated carbocycles. The Morgan fingerprint density at radius 2 is 1.85 bits per heavy atom. The van der Waals surface area contributed by atoms with Crippen LogP contribution in [0.1, 0.15) is 12.5 Å². The van der Waals surface area contributed by atoms with E-state index in [4.69, 9.17) is 0 Å². The number of hydrogen-bond acceptors (Lipinski definition) is 3. The molecule has 1 N–H and O–H groups in total. The molecule has 0 aliphatic heterocycles. The quantitative estimate of drug-likeness (QED) is 0.777. The number of hydrogen-bond donors (Lipinski definition) is 1. The largest absolute Gasteiger partial charge is 0.340 e. The summed E-state index contributed by atoms with van der Waals surface area (Å²) in [6.07, 6.45) is 2.49. The standard InChI is InChI=1S/C16H14FN3/c1-2-11-3-8-15-14(9-11)16(19-10-18-15)20-13-6-4-12(17)5-7-13/h3-10H,2H2,1H3,(H,18,19,20). The number of halogens is 1. The lowest BCUT2D eigenvalue weighted by Gasteiger charge is -2.09. The van der Waals surface area contributed by atoms with Gasteiger partial charge in [-0.1, -0.05) is 13.0 Å². The molecule has 0 saturated heterocycles. The van der Waals surface area contributed by atoms with Crippen molar-refractivity contribution in [3.05, 3.63) is 60.2 Å². The summed E-state index contributed by atoms with van der Waals surface area (Å²) in [5.41, 5.74) is 2.92. The van der Waals surface area contributed by atoms with Crippen LogP contribution in [-0.2, 0) is 6.42 Å². The minimum absolute atomic E-state index is 0.253. The van der Waals surface area contributed by atoms with E-state index in [0.717, 1.165) is 28.8 Å². The Morgan fingerprint density at radius 1 is 1.05 bits per heavy atom. The SMILES string of the molecule is CCc1ccc2ncnc(Nc3ccc(F)cc3)c2c1. The number of aromatic nitrogens is 2. The number of rotatable bonds is 3. The van der Waals surface area contributed by atoms with Gasteiger partial charge in [-0.05, 0) is 48.4 Å². The van der Waals surface area contributed by atoms with Crippen molar-refractivity contribution in [1.82, 2.24) is 9.97 Å². The Bertz CT molecular complexity index is 738. The van der Waals surface area contributed by atoms with Gasteiger partial charge < -0.3 is 5.32 Å². The van der Waals surface area contributed by atoms with Gasteiger partial charge in [0.05, 0.1) is 5.52 Å². The maximum Gasteiger partial charge on any atom is 0.141 e. The molecule has 0 atom stereocenters. The van der Waals surface area contributed by atoms with Crippen LogP contribution < -0.4 is 5.32 Å². The fourth-order valence-corrected chi connectivity index (χ4v) is 2.09. The summed E-state index contributed by atoms with van der Waals surface area (Å²) in [4.78, 5) is 8.55. The Balaban J connectivity index is 2.04. The third-order valence-electron chi connectivity index (χ3n) is 3.21. The van der Waals surface area contributed by atoms with Gasteiger partial charge in [0.2, 0.25) is 0 Å². The second kappa shape index (κ2) is 5.25. The minimum atomic E-state index is -0.253. The van der Waals surface area contributed by atoms with Gasteiger partial charge in [-0.3, -0.25) is 0 Å². The molecule has 0 bridgehead atoms. The maximum absolute atomic E-state index is 12.9. The molecule has 0 radical (unpaired) electrons. The topological polar surface area (TPSA) is 37.8 Å². The van der Waals surface area contributed by atoms with E-state index in [1.807, 2.05) is 6.07 Å². The minimum Gasteiger partial charge on any atom is -0.340 e. The Morgan fingerprint density at radius 3 is 2.60 bits per heavy atom. The van der Waals surface area contributed by atoms with Crippen LogP contribution in [0.15, 0.2) is 48.8 Å². The third-order valence-corrected chi connectivity index (χ3v) is 3.21. The lowest BCUT2D eigenvalue weighted by molar-refractivity contribution is 0.628. The van der Waals surface area contributed by atoms with E-state index in [9.17, 15) is 4.39 Å². The van der Waals surface area contributed by atoms with Crippen molar-refractivity contribution in [2.24, 2.45) is 0 Å². The molecule has 0 unspecified atom stereocenters. The van der Waals surface area contributed by atoms with Crippen LogP contribution in [0, 0.1) is 5.82 Å². The summed E-state index contributed by atoms with van der Waals surface area (Å²) in [5, 5.41) is 4.18. The predicted molar refractivity (Wildman–Crippen MR) is 78.6 cm³/mol. The number of anilines is 2. The zero-order valence-corrected chi connectivity index (χ0v) is 11.1. The van der Waals surface area contributed by atoms with Crippen LogP contribution in [0.3, 0.4) is 0 Å². The molecule has 0 amide bonds. The molecule has 1 aromatic heterocycles. The lowest BCUT2D eigenvalue weighted by Crippen LogP contribution is -1.96. The predicted octanol–water partition coefficient (Wildman–Crippen LogP) is 4.07. The summed E-state index contributed by atoms with van der Waals surface area (Å²) in [6, 6.07) is 12.4. The number of aryl methyl sites for hydroxylation is 1. The Kier molecular flexibility index (Phi) is 3.29. The van der Waals surface area contributed by atoms with Crippen molar-refractivity contribution in [3.8, 4) is 0 Å². The zero-order valence-electron chi connectivity index (χ0n) is 11.1. The molecule has 0 spiro atoms. The van der Waals surface area contributed by atoms with Gasteiger partial charge in [0.1, 0.15) is 18.0 Å². The number of fused-ring (bicyclic) bond motifs is 1. The van der Waals surface area contributed by atoms with Crippen LogP contribution in [0.25, 0.3) is 10.9 Å². The van der Waals surface area contributed by atoms with Gasteiger partial charge in [-0.25, -0.2) is 14.4 Å². The van der Waals surface area contributed by atoms with Gasteiger partial charge in [-0.15, -0.1) is 0 Å². The Labute approximate surface area is 116 Å². The van der Waals surface area contributed by atoms with Gasteiger partial charge in [-0.2, -0.15) is 0 Å². The first-order chi connectivity index (χ1) is 9.76. The molecule has 0 fully saturated rings. The van der Waals surface area contributed by atoms with Crippen LogP contribution >= 0.6 is 0 Å². The summed E-state index contributed by atoms with van der Waals surface area (Å²) in [6.45, 7) is 2.11. The van der Waals surface area contributed by atoms with Crippen molar-refractivity contribution < 1.29 is 4.39 Å². The van der Waals surface area contributed by atoms with Crippen molar-refractivity contribution in [1.29, 1.82) is 0 Å². The second-order valence-corrected chi connectivity index (χ2v) is 4.56. The molecule has 0 aliphatic carbocycles. The maximum atomic E-state index is 12.9. The highest BCUT2D eigenvalue weighted by atomic mass is 19.1. The molecule has 4 heteroatoms. The average molecular weight is 267 g/mol. The molecule has 0 aliphatic rings. The fourth-order valence-electron chi connectivity index (χ4n) is 2.09. The van der Waals surface area contributed by atoms with Crippen molar-refractivity contribution in [3.63, 3.8) is 0 Å². The van der Waals surface area contributed by atoms with Crippen LogP contribution in [0.5, 0.6) is 0 Å². The molecule has 100 valence electrons. The fraction of sp³-hybridized carbons (Fsp3) is 0.125. The summed E-state index contributed by atoms with van der Waals surface area (Å²) >= 11 is 0. The monoisotopic (exact) mass is 267 g/mol. The first kappa shape index (κ1) is 12.5. The van der Waals surface area contributed by atoms with E-state index in [0.29, 0.717) is 0 Å². The van der Waals surface area contributed by atoms with Gasteiger partial charge in [0, 0.05) is 11.1 Å². The van der Waals surface area contributed by atoms with E-state index in [2.05, 4.69) is 34.3 Å². The molecule has 3 aromatic rings. The van der Waals surface area contributed by atoms with Crippen LogP contribution in [0.4, 0.5) is 15.9 Å². The smallest absolute Gasteiger partial charge is 0.141 e. The normalized spacial score (nSPS) is 10.7. The van der Waals surface area contributed by atoms with E-state index < -0.39 is 0 Å². The molecule has 1 heterocycles. The van der Waals surface area contributed by atoms with E-state index in [1.165, 1.54) is 24.0 Å². The van der Waals surface area contributed by atoms with Crippen molar-refractivity contribution >= 4 is 22.4 Å². The molecular formula is C16H14FN3. The lowest BCUT2D eigenvalue weighted by atomic mass is 10.1. The number of nitrogens with one attached hydrogen (secondary N) is 1. The highest BCUT2D eigenvalue weighted by Crippen LogP contribution is 2.24. The number of benzene rings is 2. The molecule has 20 heavy (non-hydrogen) atoms. The zero-order chi connectivity index (χ0) is 13.9. The van der Waals surface area contributed by atoms with Gasteiger partial charge in [0.25, 0.3) is 0 Å². The van der Waals surface area contributed by atoms with E-state index >= 15 is 0 Å². The number of nitrogens with zero attached hydrogens (tertiary/aromatic N) is 2. The van der Waals surface area contributed by atoms with Crippen molar-refractivity contribution in [2.75, 3.05) is 5.32 Å². The first-order valence-corrected chi connectivity index (χ1v) is 6.52. The highest BCUT2D eigenvalue weighted by Gasteiger charge is 2.05. The first-order valence-electron chi connectivity index (χ1n) is 6.52. The average Bonchev–Trinajstić information content (AvgIpc) is 2.49. The molecule has 2 aromatic carbocycles. The Hall–Kier alpha value is -2.49. The van der Waals surface area contributed by atoms with E-state index in [-0.39, 0.29) is 5.82 Å². The van der Waals surface area contributed by atoms with Crippen molar-refractivity contribution in [2.45, 2.75) is 13.3 Å². The van der Waals surface area contributed by atoms with Crippen LogP contribution in [0.2, 0.25) is 0 Å². The summed E-state index contributed by atoms with van der Waals surface area (Å²) in [5.74, 6) is 0.480. The highest BCUT2D eigenvalue weighted by molar-refractivity contribution is 5.91.